The third kappa shape index (κ3) is 3.93. The molecule has 2 heterocycles. The van der Waals surface area contributed by atoms with Crippen molar-refractivity contribution in [3.05, 3.63) is 30.1 Å². The first-order chi connectivity index (χ1) is 12.7. The van der Waals surface area contributed by atoms with Crippen molar-refractivity contribution in [3.63, 3.8) is 0 Å². The number of carboxylic acids is 1. The number of hydrogen-bond acceptors (Lipinski definition) is 3. The third-order valence-electron chi connectivity index (χ3n) is 6.34. The average Bonchev–Trinajstić information content (AvgIpc) is 3.06. The molecule has 5 heteroatoms. The summed E-state index contributed by atoms with van der Waals surface area (Å²) < 4.78 is 0. The first kappa shape index (κ1) is 17.5. The van der Waals surface area contributed by atoms with Crippen LogP contribution in [0.4, 0.5) is 0 Å². The minimum atomic E-state index is -0.671. The Morgan fingerprint density at radius 1 is 1.15 bits per heavy atom. The maximum Gasteiger partial charge on any atom is 0.303 e. The summed E-state index contributed by atoms with van der Waals surface area (Å²) >= 11 is 0. The van der Waals surface area contributed by atoms with Crippen LogP contribution < -0.4 is 0 Å². The zero-order chi connectivity index (χ0) is 17.9. The quantitative estimate of drug-likeness (QED) is 0.855. The first-order valence-electron chi connectivity index (χ1n) is 10.1. The number of hydrogen-bond donors (Lipinski definition) is 2. The van der Waals surface area contributed by atoms with Crippen molar-refractivity contribution in [2.75, 3.05) is 13.1 Å². The Morgan fingerprint density at radius 3 is 2.73 bits per heavy atom. The molecular weight excluding hydrogens is 326 g/mol. The second-order valence-electron chi connectivity index (χ2n) is 8.10. The van der Waals surface area contributed by atoms with Gasteiger partial charge in [-0.05, 0) is 49.8 Å². The molecule has 0 amide bonds. The smallest absolute Gasteiger partial charge is 0.303 e. The van der Waals surface area contributed by atoms with E-state index in [1.807, 2.05) is 18.2 Å². The maximum atomic E-state index is 11.4. The predicted molar refractivity (Wildman–Crippen MR) is 102 cm³/mol. The Balaban J connectivity index is 1.50. The van der Waals surface area contributed by atoms with Gasteiger partial charge in [-0.1, -0.05) is 31.4 Å². The fourth-order valence-corrected chi connectivity index (χ4v) is 4.96. The van der Waals surface area contributed by atoms with Crippen LogP contribution in [0, 0.1) is 11.8 Å². The van der Waals surface area contributed by atoms with Crippen LogP contribution in [-0.2, 0) is 11.2 Å². The third-order valence-corrected chi connectivity index (χ3v) is 6.34. The SMILES string of the molecule is O=C(O)C[C@@H]1CCN(C2CCCCC2)C[C@@H]1Cc1nc2ccccc2[nH]1. The summed E-state index contributed by atoms with van der Waals surface area (Å²) in [5.74, 6) is 0.940. The van der Waals surface area contributed by atoms with Crippen molar-refractivity contribution in [2.24, 2.45) is 11.8 Å². The molecule has 26 heavy (non-hydrogen) atoms. The maximum absolute atomic E-state index is 11.4. The number of aromatic amines is 1. The van der Waals surface area contributed by atoms with Gasteiger partial charge < -0.3 is 15.0 Å². The molecule has 2 atom stereocenters. The summed E-state index contributed by atoms with van der Waals surface area (Å²) in [6.45, 7) is 2.07. The molecule has 0 unspecified atom stereocenters. The van der Waals surface area contributed by atoms with E-state index in [0.717, 1.165) is 42.8 Å². The number of fused-ring (bicyclic) bond motifs is 1. The molecule has 0 radical (unpaired) electrons. The number of aliphatic carboxylic acids is 1. The average molecular weight is 355 g/mol. The monoisotopic (exact) mass is 355 g/mol. The van der Waals surface area contributed by atoms with Gasteiger partial charge in [0.05, 0.1) is 11.0 Å². The number of para-hydroxylation sites is 2. The molecule has 1 aliphatic heterocycles. The van der Waals surface area contributed by atoms with Gasteiger partial charge in [0.25, 0.3) is 0 Å². The zero-order valence-corrected chi connectivity index (χ0v) is 15.4. The highest BCUT2D eigenvalue weighted by molar-refractivity contribution is 5.74. The summed E-state index contributed by atoms with van der Waals surface area (Å²) in [6.07, 6.45) is 8.78. The van der Waals surface area contributed by atoms with Crippen LogP contribution in [0.3, 0.4) is 0 Å². The fraction of sp³-hybridized carbons (Fsp3) is 0.619. The number of H-pyrrole nitrogens is 1. The Bertz CT molecular complexity index is 718. The van der Waals surface area contributed by atoms with Gasteiger partial charge in [-0.3, -0.25) is 4.79 Å². The Morgan fingerprint density at radius 2 is 1.96 bits per heavy atom. The van der Waals surface area contributed by atoms with Gasteiger partial charge in [-0.15, -0.1) is 0 Å². The highest BCUT2D eigenvalue weighted by Gasteiger charge is 2.34. The van der Waals surface area contributed by atoms with E-state index >= 15 is 0 Å². The number of nitrogens with zero attached hydrogens (tertiary/aromatic N) is 2. The van der Waals surface area contributed by atoms with Crippen LogP contribution in [0.15, 0.2) is 24.3 Å². The summed E-state index contributed by atoms with van der Waals surface area (Å²) in [7, 11) is 0. The topological polar surface area (TPSA) is 69.2 Å². The summed E-state index contributed by atoms with van der Waals surface area (Å²) in [6, 6.07) is 8.80. The number of piperidine rings is 1. The lowest BCUT2D eigenvalue weighted by Crippen LogP contribution is -2.47. The number of aromatic nitrogens is 2. The molecule has 140 valence electrons. The molecule has 1 aromatic carbocycles. The molecule has 1 aromatic heterocycles. The van der Waals surface area contributed by atoms with Gasteiger partial charge in [0.15, 0.2) is 0 Å². The molecule has 2 N–H and O–H groups in total. The largest absolute Gasteiger partial charge is 0.481 e. The highest BCUT2D eigenvalue weighted by atomic mass is 16.4. The normalized spacial score (nSPS) is 25.5. The molecule has 5 nitrogen and oxygen atoms in total. The highest BCUT2D eigenvalue weighted by Crippen LogP contribution is 2.33. The molecule has 2 aliphatic rings. The van der Waals surface area contributed by atoms with Crippen molar-refractivity contribution in [1.82, 2.24) is 14.9 Å². The molecule has 2 aromatic rings. The Hall–Kier alpha value is -1.88. The van der Waals surface area contributed by atoms with Crippen LogP contribution in [0.5, 0.6) is 0 Å². The van der Waals surface area contributed by atoms with Gasteiger partial charge in [-0.25, -0.2) is 4.98 Å². The number of carbonyl (C=O) groups is 1. The van der Waals surface area contributed by atoms with E-state index in [9.17, 15) is 9.90 Å². The molecule has 4 rings (SSSR count). The fourth-order valence-electron chi connectivity index (χ4n) is 4.96. The first-order valence-corrected chi connectivity index (χ1v) is 10.1. The lowest BCUT2D eigenvalue weighted by atomic mass is 9.79. The van der Waals surface area contributed by atoms with E-state index in [1.165, 1.54) is 32.1 Å². The van der Waals surface area contributed by atoms with E-state index in [0.29, 0.717) is 12.0 Å². The van der Waals surface area contributed by atoms with Crippen molar-refractivity contribution >= 4 is 17.0 Å². The van der Waals surface area contributed by atoms with Gasteiger partial charge in [-0.2, -0.15) is 0 Å². The number of carboxylic acid groups (broad SMARTS) is 1. The Labute approximate surface area is 154 Å². The van der Waals surface area contributed by atoms with Crippen LogP contribution in [0.1, 0.15) is 50.8 Å². The van der Waals surface area contributed by atoms with Crippen LogP contribution >= 0.6 is 0 Å². The van der Waals surface area contributed by atoms with Crippen LogP contribution in [0.2, 0.25) is 0 Å². The zero-order valence-electron chi connectivity index (χ0n) is 15.4. The van der Waals surface area contributed by atoms with Crippen LogP contribution in [-0.4, -0.2) is 45.1 Å². The Kier molecular flexibility index (Phi) is 5.25. The van der Waals surface area contributed by atoms with Gasteiger partial charge >= 0.3 is 5.97 Å². The van der Waals surface area contributed by atoms with Gasteiger partial charge in [0.2, 0.25) is 0 Å². The minimum absolute atomic E-state index is 0.251. The number of benzene rings is 1. The molecule has 2 fully saturated rings. The van der Waals surface area contributed by atoms with E-state index in [-0.39, 0.29) is 12.3 Å². The van der Waals surface area contributed by atoms with Gasteiger partial charge in [0, 0.05) is 25.4 Å². The van der Waals surface area contributed by atoms with E-state index < -0.39 is 5.97 Å². The van der Waals surface area contributed by atoms with E-state index in [1.54, 1.807) is 0 Å². The van der Waals surface area contributed by atoms with Crippen LogP contribution in [0.25, 0.3) is 11.0 Å². The second-order valence-corrected chi connectivity index (χ2v) is 8.10. The predicted octanol–water partition coefficient (Wildman–Crippen LogP) is 3.85. The van der Waals surface area contributed by atoms with Crippen molar-refractivity contribution < 1.29 is 9.90 Å². The lowest BCUT2D eigenvalue weighted by molar-refractivity contribution is -0.139. The standard InChI is InChI=1S/C21H29N3O2/c25-21(26)13-15-10-11-24(17-6-2-1-3-7-17)14-16(15)12-20-22-18-8-4-5-9-19(18)23-20/h4-5,8-9,15-17H,1-3,6-7,10-14H2,(H,22,23)(H,25,26)/t15-,16-/m0/s1. The number of rotatable bonds is 5. The van der Waals surface area contributed by atoms with Crippen molar-refractivity contribution in [3.8, 4) is 0 Å². The molecule has 0 bridgehead atoms. The summed E-state index contributed by atoms with van der Waals surface area (Å²) in [5, 5.41) is 9.34. The second kappa shape index (κ2) is 7.78. The number of imidazole rings is 1. The molecule has 1 saturated heterocycles. The molecule has 0 spiro atoms. The molecular formula is C21H29N3O2. The number of likely N-dealkylation sites (tertiary alicyclic amines) is 1. The molecule has 1 aliphatic carbocycles. The van der Waals surface area contributed by atoms with E-state index in [4.69, 9.17) is 4.98 Å². The lowest BCUT2D eigenvalue weighted by Gasteiger charge is -2.43. The van der Waals surface area contributed by atoms with Crippen molar-refractivity contribution in [2.45, 2.75) is 57.4 Å². The van der Waals surface area contributed by atoms with Gasteiger partial charge in [0.1, 0.15) is 5.82 Å². The molecule has 1 saturated carbocycles. The van der Waals surface area contributed by atoms with E-state index in [2.05, 4.69) is 16.0 Å². The summed E-state index contributed by atoms with van der Waals surface area (Å²) in [4.78, 5) is 22.2. The summed E-state index contributed by atoms with van der Waals surface area (Å²) in [5.41, 5.74) is 2.06. The number of nitrogens with one attached hydrogen (secondary N) is 1. The minimum Gasteiger partial charge on any atom is -0.481 e. The van der Waals surface area contributed by atoms with Crippen molar-refractivity contribution in [1.29, 1.82) is 0 Å².